The molecule has 1 aromatic heterocycles. The van der Waals surface area contributed by atoms with E-state index in [0.29, 0.717) is 21.0 Å². The molecule has 4 rings (SSSR count). The summed E-state index contributed by atoms with van der Waals surface area (Å²) >= 11 is 5.86. The Bertz CT molecular complexity index is 1310. The molecule has 1 aliphatic heterocycles. The summed E-state index contributed by atoms with van der Waals surface area (Å²) in [4.78, 5) is 55.8. The van der Waals surface area contributed by atoms with E-state index in [2.05, 4.69) is 15.5 Å². The summed E-state index contributed by atoms with van der Waals surface area (Å²) in [6, 6.07) is 13.9. The van der Waals surface area contributed by atoms with E-state index >= 15 is 0 Å². The zero-order valence-electron chi connectivity index (χ0n) is 16.1. The number of para-hydroxylation sites is 2. The van der Waals surface area contributed by atoms with E-state index in [0.717, 1.165) is 0 Å². The normalized spacial score (nSPS) is 17.6. The fourth-order valence-corrected chi connectivity index (χ4v) is 3.23. The van der Waals surface area contributed by atoms with Gasteiger partial charge in [-0.1, -0.05) is 23.7 Å². The molecular formula is C21H12ClN5O5. The average Bonchev–Trinajstić information content (AvgIpc) is 3.20. The lowest BCUT2D eigenvalue weighted by Gasteiger charge is -2.28. The van der Waals surface area contributed by atoms with Crippen LogP contribution in [0, 0.1) is 11.3 Å². The Balaban J connectivity index is 1.81. The molecule has 1 N–H and O–H groups in total. The number of benzene rings is 2. The van der Waals surface area contributed by atoms with Crippen molar-refractivity contribution < 1.29 is 23.6 Å². The molecule has 3 aromatic rings. The van der Waals surface area contributed by atoms with Crippen LogP contribution < -0.4 is 10.3 Å². The molecule has 2 heterocycles. The average molecular weight is 450 g/mol. The van der Waals surface area contributed by atoms with E-state index in [-0.39, 0.29) is 11.6 Å². The molecule has 0 saturated carbocycles. The number of nitrogens with zero attached hydrogens (tertiary/aromatic N) is 4. The van der Waals surface area contributed by atoms with Crippen molar-refractivity contribution in [3.8, 4) is 6.07 Å². The number of halogens is 1. The number of oxazole rings is 1. The summed E-state index contributed by atoms with van der Waals surface area (Å²) < 4.78 is 5.60. The maximum absolute atomic E-state index is 13.2. The van der Waals surface area contributed by atoms with Gasteiger partial charge in [-0.15, -0.1) is 0 Å². The second-order valence-corrected chi connectivity index (χ2v) is 7.04. The van der Waals surface area contributed by atoms with Crippen LogP contribution in [0.4, 0.5) is 5.69 Å². The standard InChI is InChI=1S/C21H12ClN5O5/c22-11-5-7-12(8-6-11)27-20(30)17(26-25-15(28)9-10-23)16(18(29)21(27)31)19-24-13-3-1-2-4-14(13)32-19/h1-8,16H,9H2,(H,25,28)/b26-17+/t16-/m0/s1. The molecule has 2 aromatic carbocycles. The molecule has 0 unspecified atom stereocenters. The fourth-order valence-electron chi connectivity index (χ4n) is 3.10. The predicted molar refractivity (Wildman–Crippen MR) is 112 cm³/mol. The van der Waals surface area contributed by atoms with Crippen molar-refractivity contribution in [3.63, 3.8) is 0 Å². The molecule has 1 atom stereocenters. The number of imide groups is 1. The molecule has 1 saturated heterocycles. The number of hydrogen-bond donors (Lipinski definition) is 1. The van der Waals surface area contributed by atoms with Gasteiger partial charge in [0.2, 0.25) is 11.7 Å². The van der Waals surface area contributed by atoms with Crippen LogP contribution in [0.3, 0.4) is 0 Å². The van der Waals surface area contributed by atoms with Crippen molar-refractivity contribution in [2.24, 2.45) is 5.10 Å². The number of nitriles is 1. The number of ketones is 1. The Morgan fingerprint density at radius 3 is 2.56 bits per heavy atom. The monoisotopic (exact) mass is 449 g/mol. The van der Waals surface area contributed by atoms with Crippen LogP contribution in [0.15, 0.2) is 58.0 Å². The highest BCUT2D eigenvalue weighted by Crippen LogP contribution is 2.30. The number of hydrogen-bond acceptors (Lipinski definition) is 8. The summed E-state index contributed by atoms with van der Waals surface area (Å²) in [5, 5.41) is 12.8. The Morgan fingerprint density at radius 1 is 1.16 bits per heavy atom. The van der Waals surface area contributed by atoms with Crippen molar-refractivity contribution in [1.82, 2.24) is 10.4 Å². The van der Waals surface area contributed by atoms with Crippen molar-refractivity contribution in [1.29, 1.82) is 5.26 Å². The number of piperidine rings is 1. The van der Waals surface area contributed by atoms with E-state index < -0.39 is 41.6 Å². The first-order chi connectivity index (χ1) is 15.4. The number of carbonyl (C=O) groups is 4. The van der Waals surface area contributed by atoms with E-state index in [1.807, 2.05) is 0 Å². The van der Waals surface area contributed by atoms with Gasteiger partial charge in [0, 0.05) is 5.02 Å². The minimum absolute atomic E-state index is 0.0878. The Labute approximate surface area is 185 Å². The zero-order valence-corrected chi connectivity index (χ0v) is 16.9. The first kappa shape index (κ1) is 20.9. The van der Waals surface area contributed by atoms with Gasteiger partial charge in [0.1, 0.15) is 17.6 Å². The molecule has 158 valence electrons. The van der Waals surface area contributed by atoms with Gasteiger partial charge in [0.05, 0.1) is 11.8 Å². The molecule has 10 nitrogen and oxygen atoms in total. The minimum Gasteiger partial charge on any atom is -0.439 e. The van der Waals surface area contributed by atoms with Gasteiger partial charge in [0.15, 0.2) is 11.5 Å². The Morgan fingerprint density at radius 2 is 1.88 bits per heavy atom. The maximum Gasteiger partial charge on any atom is 0.302 e. The molecule has 1 aliphatic rings. The molecule has 0 spiro atoms. The fraction of sp³-hybridized carbons (Fsp3) is 0.0952. The van der Waals surface area contributed by atoms with E-state index in [9.17, 15) is 19.2 Å². The number of anilines is 1. The second kappa shape index (κ2) is 8.41. The lowest BCUT2D eigenvalue weighted by molar-refractivity contribution is -0.139. The van der Waals surface area contributed by atoms with E-state index in [1.165, 1.54) is 24.3 Å². The van der Waals surface area contributed by atoms with Crippen LogP contribution in [0.1, 0.15) is 18.2 Å². The van der Waals surface area contributed by atoms with Crippen LogP contribution in [-0.2, 0) is 19.2 Å². The third-order valence-electron chi connectivity index (χ3n) is 4.55. The van der Waals surface area contributed by atoms with Gasteiger partial charge >= 0.3 is 5.91 Å². The number of hydrazone groups is 1. The smallest absolute Gasteiger partial charge is 0.302 e. The third kappa shape index (κ3) is 3.73. The van der Waals surface area contributed by atoms with Gasteiger partial charge in [-0.3, -0.25) is 19.2 Å². The summed E-state index contributed by atoms with van der Waals surface area (Å²) in [6.07, 6.45) is -0.522. The molecule has 1 fully saturated rings. The topological polar surface area (TPSA) is 146 Å². The lowest BCUT2D eigenvalue weighted by Crippen LogP contribution is -2.55. The molecule has 0 bridgehead atoms. The number of carbonyl (C=O) groups excluding carboxylic acids is 4. The van der Waals surface area contributed by atoms with Crippen LogP contribution in [0.2, 0.25) is 5.02 Å². The van der Waals surface area contributed by atoms with Crippen molar-refractivity contribution in [2.45, 2.75) is 12.3 Å². The zero-order chi connectivity index (χ0) is 22.8. The quantitative estimate of drug-likeness (QED) is 0.364. The number of aromatic nitrogens is 1. The molecule has 0 aliphatic carbocycles. The maximum atomic E-state index is 13.2. The number of rotatable bonds is 4. The van der Waals surface area contributed by atoms with Crippen molar-refractivity contribution in [3.05, 3.63) is 59.4 Å². The van der Waals surface area contributed by atoms with Crippen LogP contribution in [0.25, 0.3) is 11.1 Å². The van der Waals surface area contributed by atoms with E-state index in [4.69, 9.17) is 21.3 Å². The van der Waals surface area contributed by atoms with Crippen LogP contribution in [-0.4, -0.2) is 34.2 Å². The summed E-state index contributed by atoms with van der Waals surface area (Å²) in [6.45, 7) is 0. The first-order valence-corrected chi connectivity index (χ1v) is 9.55. The van der Waals surface area contributed by atoms with E-state index in [1.54, 1.807) is 30.3 Å². The lowest BCUT2D eigenvalue weighted by atomic mass is 9.91. The van der Waals surface area contributed by atoms with Gasteiger partial charge in [-0.05, 0) is 36.4 Å². The highest BCUT2D eigenvalue weighted by atomic mass is 35.5. The molecule has 3 amide bonds. The highest BCUT2D eigenvalue weighted by Gasteiger charge is 2.49. The third-order valence-corrected chi connectivity index (χ3v) is 4.81. The van der Waals surface area contributed by atoms with Crippen LogP contribution >= 0.6 is 11.6 Å². The van der Waals surface area contributed by atoms with Gasteiger partial charge < -0.3 is 4.42 Å². The Kier molecular flexibility index (Phi) is 5.49. The van der Waals surface area contributed by atoms with Gasteiger partial charge in [0.25, 0.3) is 11.8 Å². The molecule has 11 heteroatoms. The Hall–Kier alpha value is -4.36. The largest absolute Gasteiger partial charge is 0.439 e. The van der Waals surface area contributed by atoms with Crippen molar-refractivity contribution in [2.75, 3.05) is 4.90 Å². The summed E-state index contributed by atoms with van der Waals surface area (Å²) in [5.74, 6) is -5.70. The number of Topliss-reactive ketones (excluding diaryl/α,β-unsaturated/α-hetero) is 1. The van der Waals surface area contributed by atoms with Crippen LogP contribution in [0.5, 0.6) is 0 Å². The summed E-state index contributed by atoms with van der Waals surface area (Å²) in [5.41, 5.74) is 2.40. The minimum atomic E-state index is -1.58. The number of amides is 3. The predicted octanol–water partition coefficient (Wildman–Crippen LogP) is 2.09. The number of fused-ring (bicyclic) bond motifs is 1. The SMILES string of the molecule is N#CCC(=O)N/N=C1/C(=O)N(c2ccc(Cl)cc2)C(=O)C(=O)[C@H]1c1nc2ccccc2o1. The van der Waals surface area contributed by atoms with Crippen molar-refractivity contribution >= 4 is 57.6 Å². The second-order valence-electron chi connectivity index (χ2n) is 6.61. The molecule has 0 radical (unpaired) electrons. The highest BCUT2D eigenvalue weighted by molar-refractivity contribution is 6.67. The number of nitrogens with one attached hydrogen (secondary N) is 1. The molecular weight excluding hydrogens is 438 g/mol. The van der Waals surface area contributed by atoms with Gasteiger partial charge in [-0.25, -0.2) is 15.3 Å². The first-order valence-electron chi connectivity index (χ1n) is 9.17. The summed E-state index contributed by atoms with van der Waals surface area (Å²) in [7, 11) is 0. The van der Waals surface area contributed by atoms with Gasteiger partial charge in [-0.2, -0.15) is 10.4 Å². The molecule has 32 heavy (non-hydrogen) atoms.